The molecule has 4 rings (SSSR count). The highest BCUT2D eigenvalue weighted by Gasteiger charge is 2.39. The lowest BCUT2D eigenvalue weighted by molar-refractivity contribution is -0.124. The Labute approximate surface area is 156 Å². The molecule has 3 N–H and O–H groups in total. The van der Waals surface area contributed by atoms with Crippen molar-refractivity contribution in [1.82, 2.24) is 25.4 Å². The topological polar surface area (TPSA) is 106 Å². The Hall–Kier alpha value is -1.72. The summed E-state index contributed by atoms with van der Waals surface area (Å²) in [7, 11) is -3.56. The highest BCUT2D eigenvalue weighted by atomic mass is 35.5. The number of hydrogen-bond donors (Lipinski definition) is 3. The van der Waals surface area contributed by atoms with E-state index in [0.717, 1.165) is 0 Å². The fourth-order valence-corrected chi connectivity index (χ4v) is 4.82. The van der Waals surface area contributed by atoms with Gasteiger partial charge in [-0.2, -0.15) is 4.31 Å². The number of carbonyl (C=O) groups is 1. The van der Waals surface area contributed by atoms with Crippen molar-refractivity contribution >= 4 is 33.5 Å². The molecule has 140 valence electrons. The number of hydrazine groups is 1. The Morgan fingerprint density at radius 3 is 2.50 bits per heavy atom. The molecule has 2 atom stereocenters. The lowest BCUT2D eigenvalue weighted by Crippen LogP contribution is -2.58. The van der Waals surface area contributed by atoms with Gasteiger partial charge in [-0.1, -0.05) is 11.6 Å². The number of carbonyl (C=O) groups excluding carboxylic acids is 1. The molecule has 0 spiro atoms. The van der Waals surface area contributed by atoms with Crippen molar-refractivity contribution in [2.75, 3.05) is 32.7 Å². The Morgan fingerprint density at radius 1 is 1.12 bits per heavy atom. The van der Waals surface area contributed by atoms with Crippen LogP contribution in [0.2, 0.25) is 5.02 Å². The number of guanidine groups is 1. The molecule has 2 saturated heterocycles. The van der Waals surface area contributed by atoms with Crippen molar-refractivity contribution < 1.29 is 13.2 Å². The molecular weight excluding hydrogens is 380 g/mol. The minimum atomic E-state index is -3.56. The molecule has 0 aromatic heterocycles. The van der Waals surface area contributed by atoms with Crippen LogP contribution in [0.25, 0.3) is 0 Å². The third-order valence-electron chi connectivity index (χ3n) is 4.78. The standard InChI is InChI=1S/C15H19ClN6O3S/c16-10-1-3-11(4-2-10)26(24,25)22-7-5-21(6-8-22)15-18-13-12(9-17-20-13)14(23)19-15/h1-4,12-13,17,20H,5-9H2,(H,18,19,23). The first kappa shape index (κ1) is 17.7. The number of sulfonamides is 1. The Kier molecular flexibility index (Phi) is 4.61. The van der Waals surface area contributed by atoms with Crippen LogP contribution in [-0.2, 0) is 14.8 Å². The minimum Gasteiger partial charge on any atom is -0.340 e. The van der Waals surface area contributed by atoms with Crippen LogP contribution in [0, 0.1) is 5.92 Å². The number of fused-ring (bicyclic) bond motifs is 1. The molecule has 9 nitrogen and oxygen atoms in total. The summed E-state index contributed by atoms with van der Waals surface area (Å²) in [6.07, 6.45) is -0.283. The van der Waals surface area contributed by atoms with Gasteiger partial charge in [-0.3, -0.25) is 15.5 Å². The highest BCUT2D eigenvalue weighted by Crippen LogP contribution is 2.21. The van der Waals surface area contributed by atoms with Gasteiger partial charge in [-0.25, -0.2) is 18.8 Å². The predicted molar refractivity (Wildman–Crippen MR) is 95.8 cm³/mol. The number of benzene rings is 1. The normalized spacial score (nSPS) is 27.0. The second kappa shape index (κ2) is 6.78. The van der Waals surface area contributed by atoms with Crippen LogP contribution in [0.3, 0.4) is 0 Å². The lowest BCUT2D eigenvalue weighted by Gasteiger charge is -2.37. The van der Waals surface area contributed by atoms with E-state index in [1.54, 1.807) is 12.1 Å². The van der Waals surface area contributed by atoms with E-state index in [1.165, 1.54) is 16.4 Å². The number of rotatable bonds is 2. The number of piperazine rings is 1. The zero-order chi connectivity index (χ0) is 18.3. The number of hydrogen-bond acceptors (Lipinski definition) is 7. The zero-order valence-corrected chi connectivity index (χ0v) is 15.4. The largest absolute Gasteiger partial charge is 0.340 e. The number of amides is 1. The van der Waals surface area contributed by atoms with E-state index in [9.17, 15) is 13.2 Å². The Balaban J connectivity index is 1.44. The number of nitrogens with one attached hydrogen (secondary N) is 3. The van der Waals surface area contributed by atoms with E-state index in [2.05, 4.69) is 21.2 Å². The van der Waals surface area contributed by atoms with E-state index in [-0.39, 0.29) is 22.9 Å². The van der Waals surface area contributed by atoms with Crippen LogP contribution < -0.4 is 16.2 Å². The second-order valence-corrected chi connectivity index (χ2v) is 8.74. The van der Waals surface area contributed by atoms with Crippen molar-refractivity contribution in [3.63, 3.8) is 0 Å². The van der Waals surface area contributed by atoms with E-state index >= 15 is 0 Å². The summed E-state index contributed by atoms with van der Waals surface area (Å²) >= 11 is 5.83. The first-order valence-corrected chi connectivity index (χ1v) is 10.1. The van der Waals surface area contributed by atoms with Gasteiger partial charge < -0.3 is 4.90 Å². The molecule has 0 radical (unpaired) electrons. The Bertz CT molecular complexity index is 835. The number of nitrogens with zero attached hydrogens (tertiary/aromatic N) is 3. The molecule has 2 fully saturated rings. The predicted octanol–water partition coefficient (Wildman–Crippen LogP) is -0.818. The van der Waals surface area contributed by atoms with Crippen molar-refractivity contribution in [3.05, 3.63) is 29.3 Å². The summed E-state index contributed by atoms with van der Waals surface area (Å²) in [4.78, 5) is 18.8. The van der Waals surface area contributed by atoms with Crippen LogP contribution in [0.1, 0.15) is 0 Å². The maximum Gasteiger partial charge on any atom is 0.243 e. The van der Waals surface area contributed by atoms with Crippen molar-refractivity contribution in [2.24, 2.45) is 10.9 Å². The van der Waals surface area contributed by atoms with Crippen molar-refractivity contribution in [3.8, 4) is 0 Å². The number of halogens is 1. The van der Waals surface area contributed by atoms with Gasteiger partial charge in [-0.15, -0.1) is 0 Å². The van der Waals surface area contributed by atoms with Gasteiger partial charge in [0, 0.05) is 37.7 Å². The summed E-state index contributed by atoms with van der Waals surface area (Å²) in [5.74, 6) is 0.204. The van der Waals surface area contributed by atoms with Crippen molar-refractivity contribution in [2.45, 2.75) is 11.1 Å². The molecule has 0 saturated carbocycles. The van der Waals surface area contributed by atoms with Crippen LogP contribution in [0.15, 0.2) is 34.2 Å². The molecule has 3 heterocycles. The van der Waals surface area contributed by atoms with E-state index in [4.69, 9.17) is 11.6 Å². The molecule has 3 aliphatic heterocycles. The number of aliphatic imine (C=N–C) groups is 1. The monoisotopic (exact) mass is 398 g/mol. The van der Waals surface area contributed by atoms with Crippen LogP contribution in [0.5, 0.6) is 0 Å². The first-order chi connectivity index (χ1) is 12.4. The molecule has 0 aliphatic carbocycles. The van der Waals surface area contributed by atoms with Gasteiger partial charge in [0.25, 0.3) is 0 Å². The average Bonchev–Trinajstić information content (AvgIpc) is 3.11. The average molecular weight is 399 g/mol. The smallest absolute Gasteiger partial charge is 0.243 e. The summed E-state index contributed by atoms with van der Waals surface area (Å²) < 4.78 is 26.9. The van der Waals surface area contributed by atoms with E-state index in [0.29, 0.717) is 43.7 Å². The van der Waals surface area contributed by atoms with Gasteiger partial charge in [-0.05, 0) is 24.3 Å². The quantitative estimate of drug-likeness (QED) is 0.601. The second-order valence-electron chi connectivity index (χ2n) is 6.36. The summed E-state index contributed by atoms with van der Waals surface area (Å²) in [5.41, 5.74) is 5.91. The van der Waals surface area contributed by atoms with E-state index in [1.807, 2.05) is 4.90 Å². The summed E-state index contributed by atoms with van der Waals surface area (Å²) in [5, 5.41) is 3.32. The maximum atomic E-state index is 12.7. The molecule has 26 heavy (non-hydrogen) atoms. The maximum absolute atomic E-state index is 12.7. The molecule has 1 aromatic carbocycles. The van der Waals surface area contributed by atoms with Crippen LogP contribution in [-0.4, -0.2) is 68.4 Å². The van der Waals surface area contributed by atoms with Gasteiger partial charge >= 0.3 is 0 Å². The highest BCUT2D eigenvalue weighted by molar-refractivity contribution is 7.89. The third kappa shape index (κ3) is 3.19. The molecule has 11 heteroatoms. The first-order valence-electron chi connectivity index (χ1n) is 8.33. The van der Waals surface area contributed by atoms with Crippen molar-refractivity contribution in [1.29, 1.82) is 0 Å². The summed E-state index contributed by atoms with van der Waals surface area (Å²) in [6.45, 7) is 2.09. The zero-order valence-electron chi connectivity index (χ0n) is 13.9. The summed E-state index contributed by atoms with van der Waals surface area (Å²) in [6, 6.07) is 6.15. The molecule has 1 amide bonds. The van der Waals surface area contributed by atoms with E-state index < -0.39 is 10.0 Å². The minimum absolute atomic E-state index is 0.0753. The SMILES string of the molecule is O=C1NC(N2CCN(S(=O)(=O)c3ccc(Cl)cc3)CC2)=NC2NNCC12. The molecule has 3 aliphatic rings. The molecule has 1 aromatic rings. The van der Waals surface area contributed by atoms with Gasteiger partial charge in [0.2, 0.25) is 21.9 Å². The van der Waals surface area contributed by atoms with Gasteiger partial charge in [0.1, 0.15) is 6.17 Å². The fourth-order valence-electron chi connectivity index (χ4n) is 3.27. The van der Waals surface area contributed by atoms with Crippen LogP contribution >= 0.6 is 11.6 Å². The van der Waals surface area contributed by atoms with Gasteiger partial charge in [0.05, 0.1) is 10.8 Å². The molecule has 0 bridgehead atoms. The molecular formula is C15H19ClN6O3S. The Morgan fingerprint density at radius 2 is 1.81 bits per heavy atom. The molecule has 2 unspecified atom stereocenters. The fraction of sp³-hybridized carbons (Fsp3) is 0.467. The van der Waals surface area contributed by atoms with Crippen LogP contribution in [0.4, 0.5) is 0 Å². The lowest BCUT2D eigenvalue weighted by atomic mass is 10.1. The van der Waals surface area contributed by atoms with Gasteiger partial charge in [0.15, 0.2) is 0 Å². The third-order valence-corrected chi connectivity index (χ3v) is 6.94.